The Bertz CT molecular complexity index is 1160. The van der Waals surface area contributed by atoms with Crippen LogP contribution in [-0.2, 0) is 0 Å². The smallest absolute Gasteiger partial charge is 0.251 e. The Kier molecular flexibility index (Phi) is 4.66. The average Bonchev–Trinajstić information content (AvgIpc) is 3.44. The van der Waals surface area contributed by atoms with Gasteiger partial charge in [-0.25, -0.2) is 4.39 Å². The molecule has 4 nitrogen and oxygen atoms in total. The van der Waals surface area contributed by atoms with Gasteiger partial charge in [-0.2, -0.15) is 0 Å². The minimum atomic E-state index is -0.219. The van der Waals surface area contributed by atoms with Crippen LogP contribution in [0.25, 0.3) is 22.0 Å². The highest BCUT2D eigenvalue weighted by Crippen LogP contribution is 2.42. The molecule has 0 unspecified atom stereocenters. The molecule has 3 aromatic rings. The van der Waals surface area contributed by atoms with Gasteiger partial charge in [0.05, 0.1) is 11.2 Å². The molecule has 30 heavy (non-hydrogen) atoms. The molecule has 0 amide bonds. The van der Waals surface area contributed by atoms with Crippen LogP contribution in [0.5, 0.6) is 0 Å². The quantitative estimate of drug-likeness (QED) is 0.689. The molecule has 5 rings (SSSR count). The zero-order valence-electron chi connectivity index (χ0n) is 17.6. The SMILES string of the molecule is Cc1c(N2CC[C@@H]([C@H](C)N)C2)c(F)cc2c(-c3ccccc3)cc(=O)n(C3CC3)c12. The lowest BCUT2D eigenvalue weighted by Crippen LogP contribution is -2.30. The summed E-state index contributed by atoms with van der Waals surface area (Å²) in [6, 6.07) is 13.4. The molecule has 2 aliphatic rings. The van der Waals surface area contributed by atoms with Gasteiger partial charge in [0, 0.05) is 36.6 Å². The zero-order valence-corrected chi connectivity index (χ0v) is 17.6. The maximum absolute atomic E-state index is 15.5. The molecule has 1 aliphatic carbocycles. The van der Waals surface area contributed by atoms with E-state index in [-0.39, 0.29) is 23.5 Å². The summed E-state index contributed by atoms with van der Waals surface area (Å²) >= 11 is 0. The van der Waals surface area contributed by atoms with Crippen molar-refractivity contribution in [2.24, 2.45) is 11.7 Å². The van der Waals surface area contributed by atoms with Gasteiger partial charge in [0.25, 0.3) is 5.56 Å². The van der Waals surface area contributed by atoms with Crippen molar-refractivity contribution in [3.05, 3.63) is 64.2 Å². The van der Waals surface area contributed by atoms with Crippen molar-refractivity contribution < 1.29 is 4.39 Å². The lowest BCUT2D eigenvalue weighted by atomic mass is 9.97. The number of halogens is 1. The fraction of sp³-hybridized carbons (Fsp3) is 0.400. The summed E-state index contributed by atoms with van der Waals surface area (Å²) in [6.07, 6.45) is 2.97. The van der Waals surface area contributed by atoms with E-state index in [4.69, 9.17) is 5.73 Å². The molecular formula is C25H28FN3O. The van der Waals surface area contributed by atoms with Crippen LogP contribution in [0.15, 0.2) is 47.3 Å². The molecule has 0 spiro atoms. The van der Waals surface area contributed by atoms with E-state index in [0.29, 0.717) is 11.6 Å². The van der Waals surface area contributed by atoms with E-state index in [9.17, 15) is 4.79 Å². The first-order chi connectivity index (χ1) is 14.5. The van der Waals surface area contributed by atoms with E-state index in [1.165, 1.54) is 0 Å². The van der Waals surface area contributed by atoms with Crippen molar-refractivity contribution >= 4 is 16.6 Å². The van der Waals surface area contributed by atoms with Gasteiger partial charge in [0.1, 0.15) is 5.82 Å². The highest BCUT2D eigenvalue weighted by Gasteiger charge is 2.32. The van der Waals surface area contributed by atoms with Crippen molar-refractivity contribution in [2.75, 3.05) is 18.0 Å². The Balaban J connectivity index is 1.76. The van der Waals surface area contributed by atoms with Gasteiger partial charge >= 0.3 is 0 Å². The van der Waals surface area contributed by atoms with Gasteiger partial charge in [-0.1, -0.05) is 30.3 Å². The predicted octanol–water partition coefficient (Wildman–Crippen LogP) is 4.62. The highest BCUT2D eigenvalue weighted by molar-refractivity contribution is 5.99. The number of rotatable bonds is 4. The van der Waals surface area contributed by atoms with Crippen LogP contribution in [0.1, 0.15) is 37.8 Å². The fourth-order valence-electron chi connectivity index (χ4n) is 5.01. The number of nitrogens with zero attached hydrogens (tertiary/aromatic N) is 2. The summed E-state index contributed by atoms with van der Waals surface area (Å²) in [6.45, 7) is 5.54. The summed E-state index contributed by atoms with van der Waals surface area (Å²) in [5.41, 5.74) is 10.2. The van der Waals surface area contributed by atoms with Crippen molar-refractivity contribution in [3.63, 3.8) is 0 Å². The third-order valence-corrected chi connectivity index (χ3v) is 6.78. The molecule has 156 valence electrons. The molecule has 2 atom stereocenters. The van der Waals surface area contributed by atoms with Crippen LogP contribution < -0.4 is 16.2 Å². The summed E-state index contributed by atoms with van der Waals surface area (Å²) in [5.74, 6) is 0.143. The third-order valence-electron chi connectivity index (χ3n) is 6.78. The van der Waals surface area contributed by atoms with E-state index in [2.05, 4.69) is 4.90 Å². The molecule has 0 radical (unpaired) electrons. The molecule has 2 heterocycles. The average molecular weight is 406 g/mol. The van der Waals surface area contributed by atoms with E-state index < -0.39 is 0 Å². The summed E-state index contributed by atoms with van der Waals surface area (Å²) in [4.78, 5) is 15.3. The number of benzene rings is 2. The normalized spacial score (nSPS) is 20.1. The Morgan fingerprint density at radius 2 is 1.87 bits per heavy atom. The minimum absolute atomic E-state index is 0.000565. The summed E-state index contributed by atoms with van der Waals surface area (Å²) in [5, 5.41) is 0.814. The molecule has 2 fully saturated rings. The summed E-state index contributed by atoms with van der Waals surface area (Å²) in [7, 11) is 0. The van der Waals surface area contributed by atoms with E-state index in [1.54, 1.807) is 12.1 Å². The molecule has 2 aromatic carbocycles. The number of anilines is 1. The van der Waals surface area contributed by atoms with Crippen LogP contribution in [0, 0.1) is 18.7 Å². The van der Waals surface area contributed by atoms with Gasteiger partial charge in [-0.15, -0.1) is 0 Å². The number of fused-ring (bicyclic) bond motifs is 1. The summed E-state index contributed by atoms with van der Waals surface area (Å²) < 4.78 is 17.4. The van der Waals surface area contributed by atoms with Crippen molar-refractivity contribution in [1.82, 2.24) is 4.57 Å². The van der Waals surface area contributed by atoms with Gasteiger partial charge in [-0.05, 0) is 61.8 Å². The van der Waals surface area contributed by atoms with Crippen LogP contribution >= 0.6 is 0 Å². The number of pyridine rings is 1. The fourth-order valence-corrected chi connectivity index (χ4v) is 5.01. The number of aryl methyl sites for hydroxylation is 1. The minimum Gasteiger partial charge on any atom is -0.369 e. The predicted molar refractivity (Wildman–Crippen MR) is 121 cm³/mol. The van der Waals surface area contributed by atoms with Crippen LogP contribution in [0.2, 0.25) is 0 Å². The Hall–Kier alpha value is -2.66. The molecule has 1 saturated carbocycles. The Morgan fingerprint density at radius 1 is 1.13 bits per heavy atom. The second kappa shape index (κ2) is 7.24. The van der Waals surface area contributed by atoms with Gasteiger partial charge in [0.2, 0.25) is 0 Å². The van der Waals surface area contributed by atoms with Crippen LogP contribution in [0.3, 0.4) is 0 Å². The first kappa shape index (κ1) is 19.3. The van der Waals surface area contributed by atoms with Crippen LogP contribution in [0.4, 0.5) is 10.1 Å². The molecule has 1 aromatic heterocycles. The number of hydrogen-bond donors (Lipinski definition) is 1. The molecule has 5 heteroatoms. The maximum Gasteiger partial charge on any atom is 0.251 e. The number of aromatic nitrogens is 1. The highest BCUT2D eigenvalue weighted by atomic mass is 19.1. The van der Waals surface area contributed by atoms with Crippen LogP contribution in [-0.4, -0.2) is 23.7 Å². The number of nitrogens with two attached hydrogens (primary N) is 1. The Morgan fingerprint density at radius 3 is 2.50 bits per heavy atom. The zero-order chi connectivity index (χ0) is 21.0. The topological polar surface area (TPSA) is 51.3 Å². The Labute approximate surface area is 176 Å². The number of hydrogen-bond acceptors (Lipinski definition) is 3. The molecule has 0 bridgehead atoms. The van der Waals surface area contributed by atoms with Crippen molar-refractivity contribution in [1.29, 1.82) is 0 Å². The lowest BCUT2D eigenvalue weighted by Gasteiger charge is -2.25. The maximum atomic E-state index is 15.5. The third kappa shape index (κ3) is 3.12. The second-order valence-electron chi connectivity index (χ2n) is 8.95. The second-order valence-corrected chi connectivity index (χ2v) is 8.95. The molecule has 1 aliphatic heterocycles. The largest absolute Gasteiger partial charge is 0.369 e. The van der Waals surface area contributed by atoms with Crippen molar-refractivity contribution in [3.8, 4) is 11.1 Å². The monoisotopic (exact) mass is 405 g/mol. The first-order valence-electron chi connectivity index (χ1n) is 10.9. The first-order valence-corrected chi connectivity index (χ1v) is 10.9. The standard InChI is InChI=1S/C25H28FN3O/c1-15-24-21(12-22(26)25(15)28-11-10-18(14-28)16(2)27)20(17-6-4-3-5-7-17)13-23(30)29(24)19-8-9-19/h3-7,12-13,16,18-19H,8-11,14,27H2,1-2H3/t16-,18+/m0/s1. The molecule has 1 saturated heterocycles. The van der Waals surface area contributed by atoms with Crippen molar-refractivity contribution in [2.45, 2.75) is 45.2 Å². The lowest BCUT2D eigenvalue weighted by molar-refractivity contribution is 0.487. The van der Waals surface area contributed by atoms with Gasteiger partial charge in [0.15, 0.2) is 0 Å². The molecule has 2 N–H and O–H groups in total. The van der Waals surface area contributed by atoms with E-state index >= 15 is 4.39 Å². The molecular weight excluding hydrogens is 377 g/mol. The van der Waals surface area contributed by atoms with E-state index in [0.717, 1.165) is 59.9 Å². The van der Waals surface area contributed by atoms with Gasteiger partial charge < -0.3 is 15.2 Å². The van der Waals surface area contributed by atoms with Gasteiger partial charge in [-0.3, -0.25) is 4.79 Å². The van der Waals surface area contributed by atoms with E-state index in [1.807, 2.05) is 48.7 Å².